The van der Waals surface area contributed by atoms with Crippen LogP contribution in [0.25, 0.3) is 0 Å². The molecule has 0 bridgehead atoms. The first-order valence-electron chi connectivity index (χ1n) is 6.08. The maximum absolute atomic E-state index is 12.3. The van der Waals surface area contributed by atoms with E-state index in [9.17, 15) is 8.42 Å². The van der Waals surface area contributed by atoms with Crippen LogP contribution < -0.4 is 5.73 Å². The zero-order valence-corrected chi connectivity index (χ0v) is 12.4. The van der Waals surface area contributed by atoms with Gasteiger partial charge in [-0.15, -0.1) is 0 Å². The molecule has 0 saturated heterocycles. The molecule has 2 rings (SSSR count). The normalized spacial score (nSPS) is 11.5. The number of sulfone groups is 1. The van der Waals surface area contributed by atoms with Gasteiger partial charge in [0.25, 0.3) is 0 Å². The van der Waals surface area contributed by atoms with Crippen LogP contribution in [-0.2, 0) is 27.9 Å². The Morgan fingerprint density at radius 2 is 1.70 bits per heavy atom. The minimum Gasteiger partial charge on any atom is -0.325 e. The molecular weight excluding hydrogens is 296 g/mol. The minimum absolute atomic E-state index is 0.0847. The van der Waals surface area contributed by atoms with Crippen LogP contribution in [-0.4, -0.2) is 13.4 Å². The maximum Gasteiger partial charge on any atom is 0.158 e. The fourth-order valence-corrected chi connectivity index (χ4v) is 3.77. The second-order valence-electron chi connectivity index (χ2n) is 4.44. The average molecular weight is 311 g/mol. The number of pyridine rings is 1. The third kappa shape index (κ3) is 3.79. The third-order valence-electron chi connectivity index (χ3n) is 2.89. The van der Waals surface area contributed by atoms with Crippen LogP contribution in [0.1, 0.15) is 16.8 Å². The molecule has 0 aliphatic heterocycles. The van der Waals surface area contributed by atoms with Crippen molar-refractivity contribution in [2.75, 3.05) is 0 Å². The van der Waals surface area contributed by atoms with Crippen molar-refractivity contribution in [1.82, 2.24) is 4.98 Å². The lowest BCUT2D eigenvalue weighted by Gasteiger charge is -2.09. The summed E-state index contributed by atoms with van der Waals surface area (Å²) < 4.78 is 24.5. The molecule has 0 aliphatic rings. The summed E-state index contributed by atoms with van der Waals surface area (Å²) in [6.07, 6.45) is 1.60. The van der Waals surface area contributed by atoms with Crippen molar-refractivity contribution in [1.29, 1.82) is 0 Å². The zero-order chi connectivity index (χ0) is 14.6. The summed E-state index contributed by atoms with van der Waals surface area (Å²) in [5.41, 5.74) is 7.42. The topological polar surface area (TPSA) is 73.0 Å². The van der Waals surface area contributed by atoms with Crippen molar-refractivity contribution < 1.29 is 8.42 Å². The van der Waals surface area contributed by atoms with Gasteiger partial charge in [0.15, 0.2) is 9.84 Å². The van der Waals surface area contributed by atoms with Crippen molar-refractivity contribution >= 4 is 21.4 Å². The largest absolute Gasteiger partial charge is 0.325 e. The van der Waals surface area contributed by atoms with E-state index in [4.69, 9.17) is 17.3 Å². The molecular formula is C14H15ClN2O2S. The lowest BCUT2D eigenvalue weighted by atomic mass is 10.2. The van der Waals surface area contributed by atoms with Gasteiger partial charge in [0.2, 0.25) is 0 Å². The quantitative estimate of drug-likeness (QED) is 0.919. The molecule has 0 saturated carbocycles. The number of hydrogen-bond acceptors (Lipinski definition) is 4. The number of benzene rings is 1. The highest BCUT2D eigenvalue weighted by Crippen LogP contribution is 2.20. The van der Waals surface area contributed by atoms with E-state index in [-0.39, 0.29) is 18.1 Å². The second-order valence-corrected chi connectivity index (χ2v) is 6.91. The van der Waals surface area contributed by atoms with Gasteiger partial charge < -0.3 is 5.73 Å². The Labute approximate surface area is 123 Å². The molecule has 1 heterocycles. The Hall–Kier alpha value is -1.43. The highest BCUT2D eigenvalue weighted by Gasteiger charge is 2.17. The number of aromatic nitrogens is 1. The van der Waals surface area contributed by atoms with E-state index < -0.39 is 9.84 Å². The van der Waals surface area contributed by atoms with Crippen LogP contribution in [0.3, 0.4) is 0 Å². The molecule has 4 nitrogen and oxygen atoms in total. The number of nitrogens with zero attached hydrogens (tertiary/aromatic N) is 1. The van der Waals surface area contributed by atoms with E-state index in [1.165, 1.54) is 0 Å². The van der Waals surface area contributed by atoms with Crippen LogP contribution in [0.2, 0.25) is 5.02 Å². The van der Waals surface area contributed by atoms with Gasteiger partial charge in [0.1, 0.15) is 0 Å². The zero-order valence-electron chi connectivity index (χ0n) is 10.8. The first-order valence-corrected chi connectivity index (χ1v) is 8.28. The minimum atomic E-state index is -3.32. The average Bonchev–Trinajstić information content (AvgIpc) is 2.41. The van der Waals surface area contributed by atoms with Crippen molar-refractivity contribution in [3.63, 3.8) is 0 Å². The van der Waals surface area contributed by atoms with Crippen molar-refractivity contribution in [3.8, 4) is 0 Å². The van der Waals surface area contributed by atoms with Gasteiger partial charge in [0, 0.05) is 17.8 Å². The molecule has 2 N–H and O–H groups in total. The van der Waals surface area contributed by atoms with E-state index >= 15 is 0 Å². The second kappa shape index (κ2) is 6.35. The van der Waals surface area contributed by atoms with Crippen LogP contribution in [0.15, 0.2) is 42.6 Å². The lowest BCUT2D eigenvalue weighted by molar-refractivity contribution is 0.594. The van der Waals surface area contributed by atoms with Crippen molar-refractivity contribution in [3.05, 3.63) is 64.4 Å². The summed E-state index contributed by atoms with van der Waals surface area (Å²) in [6, 6.07) is 10.4. The van der Waals surface area contributed by atoms with Crippen molar-refractivity contribution in [2.45, 2.75) is 18.1 Å². The highest BCUT2D eigenvalue weighted by atomic mass is 35.5. The lowest BCUT2D eigenvalue weighted by Crippen LogP contribution is -2.12. The third-order valence-corrected chi connectivity index (χ3v) is 4.76. The Morgan fingerprint density at radius 1 is 1.05 bits per heavy atom. The molecule has 2 aromatic rings. The van der Waals surface area contributed by atoms with Crippen LogP contribution in [0.5, 0.6) is 0 Å². The van der Waals surface area contributed by atoms with Crippen LogP contribution in [0.4, 0.5) is 0 Å². The van der Waals surface area contributed by atoms with Crippen LogP contribution in [0, 0.1) is 0 Å². The number of hydrogen-bond donors (Lipinski definition) is 1. The summed E-state index contributed by atoms with van der Waals surface area (Å²) in [4.78, 5) is 4.09. The summed E-state index contributed by atoms with van der Waals surface area (Å²) in [7, 11) is -3.32. The molecule has 1 aromatic carbocycles. The SMILES string of the molecule is NCc1ncccc1CS(=O)(=O)Cc1ccccc1Cl. The van der Waals surface area contributed by atoms with Gasteiger partial charge >= 0.3 is 0 Å². The van der Waals surface area contributed by atoms with Gasteiger partial charge in [0.05, 0.1) is 17.2 Å². The summed E-state index contributed by atoms with van der Waals surface area (Å²) >= 11 is 6.00. The number of rotatable bonds is 5. The van der Waals surface area contributed by atoms with Crippen molar-refractivity contribution in [2.24, 2.45) is 5.73 Å². The molecule has 0 fully saturated rings. The predicted octanol–water partition coefficient (Wildman–Crippen LogP) is 2.31. The number of halogens is 1. The maximum atomic E-state index is 12.3. The Morgan fingerprint density at radius 3 is 2.40 bits per heavy atom. The van der Waals surface area contributed by atoms with Gasteiger partial charge in [-0.2, -0.15) is 0 Å². The fourth-order valence-electron chi connectivity index (χ4n) is 1.93. The molecule has 20 heavy (non-hydrogen) atoms. The van der Waals surface area contributed by atoms with Crippen LogP contribution >= 0.6 is 11.6 Å². The van der Waals surface area contributed by atoms with E-state index in [1.54, 1.807) is 42.6 Å². The first kappa shape index (κ1) is 15.0. The van der Waals surface area contributed by atoms with E-state index in [2.05, 4.69) is 4.98 Å². The summed E-state index contributed by atoms with van der Waals surface area (Å²) in [5.74, 6) is -0.176. The Balaban J connectivity index is 2.22. The van der Waals surface area contributed by atoms with E-state index in [0.29, 0.717) is 21.8 Å². The fraction of sp³-hybridized carbons (Fsp3) is 0.214. The number of nitrogens with two attached hydrogens (primary N) is 1. The molecule has 0 spiro atoms. The monoisotopic (exact) mass is 310 g/mol. The van der Waals surface area contributed by atoms with E-state index in [0.717, 1.165) is 0 Å². The predicted molar refractivity (Wildman–Crippen MR) is 79.9 cm³/mol. The molecule has 0 amide bonds. The Bertz CT molecular complexity index is 702. The Kier molecular flexibility index (Phi) is 4.75. The van der Waals surface area contributed by atoms with Gasteiger partial charge in [-0.25, -0.2) is 8.42 Å². The van der Waals surface area contributed by atoms with Gasteiger partial charge in [-0.05, 0) is 23.3 Å². The summed E-state index contributed by atoms with van der Waals surface area (Å²) in [5, 5.41) is 0.460. The van der Waals surface area contributed by atoms with E-state index in [1.807, 2.05) is 0 Å². The molecule has 0 radical (unpaired) electrons. The molecule has 106 valence electrons. The molecule has 1 aromatic heterocycles. The summed E-state index contributed by atoms with van der Waals surface area (Å²) in [6.45, 7) is 0.220. The first-order chi connectivity index (χ1) is 9.52. The molecule has 0 unspecified atom stereocenters. The highest BCUT2D eigenvalue weighted by molar-refractivity contribution is 7.89. The van der Waals surface area contributed by atoms with Gasteiger partial charge in [-0.3, -0.25) is 4.98 Å². The molecule has 0 aliphatic carbocycles. The standard InChI is InChI=1S/C14H15ClN2O2S/c15-13-6-2-1-4-11(13)9-20(18,19)10-12-5-3-7-17-14(12)8-16/h1-7H,8-10,16H2. The smallest absolute Gasteiger partial charge is 0.158 e. The molecule has 0 atom stereocenters. The van der Waals surface area contributed by atoms with Gasteiger partial charge in [-0.1, -0.05) is 35.9 Å². The molecule has 6 heteroatoms.